The van der Waals surface area contributed by atoms with Crippen LogP contribution in [0.2, 0.25) is 0 Å². The molecular formula is C13H15N3. The minimum Gasteiger partial charge on any atom is -0.283 e. The van der Waals surface area contributed by atoms with Gasteiger partial charge in [0.05, 0.1) is 18.2 Å². The van der Waals surface area contributed by atoms with E-state index in [-0.39, 0.29) is 6.04 Å². The van der Waals surface area contributed by atoms with E-state index in [1.807, 2.05) is 42.2 Å². The van der Waals surface area contributed by atoms with E-state index in [1.54, 1.807) is 0 Å². The third kappa shape index (κ3) is 3.73. The summed E-state index contributed by atoms with van der Waals surface area (Å²) in [6.07, 6.45) is 0.457. The van der Waals surface area contributed by atoms with Gasteiger partial charge in [-0.05, 0) is 12.5 Å². The van der Waals surface area contributed by atoms with Gasteiger partial charge >= 0.3 is 0 Å². The highest BCUT2D eigenvalue weighted by Gasteiger charge is 2.12. The summed E-state index contributed by atoms with van der Waals surface area (Å²) in [5.41, 5.74) is 1.17. The van der Waals surface area contributed by atoms with Crippen LogP contribution in [0.4, 0.5) is 0 Å². The monoisotopic (exact) mass is 213 g/mol. The van der Waals surface area contributed by atoms with Crippen LogP contribution in [-0.4, -0.2) is 17.5 Å². The number of hydrogen-bond donors (Lipinski definition) is 0. The lowest BCUT2D eigenvalue weighted by Crippen LogP contribution is -2.32. The predicted octanol–water partition coefficient (Wildman–Crippen LogP) is 2.31. The van der Waals surface area contributed by atoms with Crippen molar-refractivity contribution in [2.75, 3.05) is 6.54 Å². The molecule has 0 heterocycles. The number of nitriles is 2. The van der Waals surface area contributed by atoms with Crippen LogP contribution in [0.5, 0.6) is 0 Å². The van der Waals surface area contributed by atoms with E-state index in [9.17, 15) is 0 Å². The molecule has 0 fully saturated rings. The second-order valence-electron chi connectivity index (χ2n) is 3.67. The van der Waals surface area contributed by atoms with E-state index < -0.39 is 0 Å². The molecule has 0 aliphatic heterocycles. The molecule has 0 saturated heterocycles. The zero-order chi connectivity index (χ0) is 11.8. The van der Waals surface area contributed by atoms with Crippen molar-refractivity contribution in [3.05, 3.63) is 35.9 Å². The van der Waals surface area contributed by atoms with Gasteiger partial charge in [-0.2, -0.15) is 10.5 Å². The molecule has 0 saturated carbocycles. The molecule has 0 aliphatic rings. The highest BCUT2D eigenvalue weighted by atomic mass is 15.1. The van der Waals surface area contributed by atoms with Crippen LogP contribution in [0.15, 0.2) is 30.3 Å². The smallest absolute Gasteiger partial charge is 0.0952 e. The Labute approximate surface area is 96.5 Å². The average molecular weight is 213 g/mol. The molecule has 1 rings (SSSR count). The van der Waals surface area contributed by atoms with Gasteiger partial charge in [-0.3, -0.25) is 4.90 Å². The van der Waals surface area contributed by atoms with Gasteiger partial charge in [0, 0.05) is 19.5 Å². The van der Waals surface area contributed by atoms with Crippen molar-refractivity contribution in [3.8, 4) is 12.1 Å². The minimum absolute atomic E-state index is 0.159. The Bertz CT molecular complexity index is 386. The fourth-order valence-corrected chi connectivity index (χ4v) is 1.50. The summed E-state index contributed by atoms with van der Waals surface area (Å²) in [4.78, 5) is 2.01. The van der Waals surface area contributed by atoms with Crippen LogP contribution in [-0.2, 0) is 6.54 Å². The standard InChI is InChI=1S/C13H15N3/c1-12(10-15)16(9-5-8-14)11-13-6-3-2-4-7-13/h2-4,6-7,12H,5,9,11H2,1H3/t12-/m0/s1. The summed E-state index contributed by atoms with van der Waals surface area (Å²) >= 11 is 0. The molecule has 0 N–H and O–H groups in total. The van der Waals surface area contributed by atoms with E-state index in [0.29, 0.717) is 13.0 Å². The third-order valence-electron chi connectivity index (χ3n) is 2.47. The third-order valence-corrected chi connectivity index (χ3v) is 2.47. The fourth-order valence-electron chi connectivity index (χ4n) is 1.50. The van der Waals surface area contributed by atoms with Crippen LogP contribution in [0.1, 0.15) is 18.9 Å². The number of benzene rings is 1. The zero-order valence-corrected chi connectivity index (χ0v) is 9.43. The van der Waals surface area contributed by atoms with Crippen LogP contribution in [0, 0.1) is 22.7 Å². The lowest BCUT2D eigenvalue weighted by Gasteiger charge is -2.23. The van der Waals surface area contributed by atoms with E-state index in [2.05, 4.69) is 12.1 Å². The molecule has 0 amide bonds. The van der Waals surface area contributed by atoms with Gasteiger partial charge in [0.2, 0.25) is 0 Å². The number of rotatable bonds is 5. The molecule has 0 aliphatic carbocycles. The Kier molecular flexibility index (Phi) is 5.05. The van der Waals surface area contributed by atoms with Gasteiger partial charge in [0.25, 0.3) is 0 Å². The van der Waals surface area contributed by atoms with Crippen molar-refractivity contribution < 1.29 is 0 Å². The molecule has 0 unspecified atom stereocenters. The van der Waals surface area contributed by atoms with Crippen molar-refractivity contribution in [1.29, 1.82) is 10.5 Å². The maximum atomic E-state index is 8.91. The molecule has 1 aromatic rings. The first-order valence-corrected chi connectivity index (χ1v) is 5.32. The predicted molar refractivity (Wildman–Crippen MR) is 62.2 cm³/mol. The van der Waals surface area contributed by atoms with Gasteiger partial charge in [-0.25, -0.2) is 0 Å². The Morgan fingerprint density at radius 1 is 1.25 bits per heavy atom. The Morgan fingerprint density at radius 2 is 1.94 bits per heavy atom. The van der Waals surface area contributed by atoms with Crippen molar-refractivity contribution >= 4 is 0 Å². The first-order chi connectivity index (χ1) is 7.77. The van der Waals surface area contributed by atoms with E-state index in [0.717, 1.165) is 6.54 Å². The quantitative estimate of drug-likeness (QED) is 0.754. The van der Waals surface area contributed by atoms with Gasteiger partial charge in [-0.1, -0.05) is 30.3 Å². The summed E-state index contributed by atoms with van der Waals surface area (Å²) in [5.74, 6) is 0. The molecule has 3 heteroatoms. The minimum atomic E-state index is -0.159. The molecule has 0 bridgehead atoms. The van der Waals surface area contributed by atoms with E-state index in [1.165, 1.54) is 5.56 Å². The summed E-state index contributed by atoms with van der Waals surface area (Å²) in [6, 6.07) is 14.2. The Balaban J connectivity index is 2.64. The maximum Gasteiger partial charge on any atom is 0.0952 e. The second-order valence-corrected chi connectivity index (χ2v) is 3.67. The van der Waals surface area contributed by atoms with Gasteiger partial charge < -0.3 is 0 Å². The lowest BCUT2D eigenvalue weighted by atomic mass is 10.2. The van der Waals surface area contributed by atoms with Crippen molar-refractivity contribution in [2.24, 2.45) is 0 Å². The Morgan fingerprint density at radius 3 is 2.50 bits per heavy atom. The normalized spacial score (nSPS) is 11.8. The van der Waals surface area contributed by atoms with E-state index >= 15 is 0 Å². The fraction of sp³-hybridized carbons (Fsp3) is 0.385. The maximum absolute atomic E-state index is 8.91. The zero-order valence-electron chi connectivity index (χ0n) is 9.43. The van der Waals surface area contributed by atoms with Crippen molar-refractivity contribution in [1.82, 2.24) is 4.90 Å². The molecule has 0 radical (unpaired) electrons. The molecule has 1 aromatic carbocycles. The van der Waals surface area contributed by atoms with Gasteiger partial charge in [0.1, 0.15) is 0 Å². The molecule has 3 nitrogen and oxygen atoms in total. The van der Waals surface area contributed by atoms with Crippen LogP contribution in [0.25, 0.3) is 0 Å². The van der Waals surface area contributed by atoms with E-state index in [4.69, 9.17) is 10.5 Å². The molecule has 1 atom stereocenters. The highest BCUT2D eigenvalue weighted by Crippen LogP contribution is 2.08. The largest absolute Gasteiger partial charge is 0.283 e. The molecular weight excluding hydrogens is 198 g/mol. The van der Waals surface area contributed by atoms with Crippen LogP contribution in [0.3, 0.4) is 0 Å². The van der Waals surface area contributed by atoms with Crippen LogP contribution < -0.4 is 0 Å². The van der Waals surface area contributed by atoms with Crippen molar-refractivity contribution in [2.45, 2.75) is 25.9 Å². The topological polar surface area (TPSA) is 50.8 Å². The van der Waals surface area contributed by atoms with Gasteiger partial charge in [-0.15, -0.1) is 0 Å². The number of nitrogens with zero attached hydrogens (tertiary/aromatic N) is 3. The first kappa shape index (κ1) is 12.2. The number of hydrogen-bond acceptors (Lipinski definition) is 3. The Hall–Kier alpha value is -1.84. The van der Waals surface area contributed by atoms with Crippen molar-refractivity contribution in [3.63, 3.8) is 0 Å². The molecule has 16 heavy (non-hydrogen) atoms. The second kappa shape index (κ2) is 6.61. The molecule has 0 aromatic heterocycles. The molecule has 82 valence electrons. The lowest BCUT2D eigenvalue weighted by molar-refractivity contribution is 0.242. The summed E-state index contributed by atoms with van der Waals surface area (Å²) in [6.45, 7) is 3.22. The summed E-state index contributed by atoms with van der Waals surface area (Å²) < 4.78 is 0. The molecule has 0 spiro atoms. The first-order valence-electron chi connectivity index (χ1n) is 5.32. The SMILES string of the molecule is C[C@@H](C#N)N(CCC#N)Cc1ccccc1. The summed E-state index contributed by atoms with van der Waals surface area (Å²) in [5, 5.41) is 17.5. The average Bonchev–Trinajstić information content (AvgIpc) is 2.34. The van der Waals surface area contributed by atoms with Crippen LogP contribution >= 0.6 is 0 Å². The summed E-state index contributed by atoms with van der Waals surface area (Å²) in [7, 11) is 0. The highest BCUT2D eigenvalue weighted by molar-refractivity contribution is 5.15. The van der Waals surface area contributed by atoms with Gasteiger partial charge in [0.15, 0.2) is 0 Å².